The molecule has 0 aliphatic rings. The third-order valence-corrected chi connectivity index (χ3v) is 7.15. The van der Waals surface area contributed by atoms with E-state index in [1.807, 2.05) is 40.7 Å². The SMILES string of the molecule is CCCCC(Cc1c(C)cc(C(C)(C)C)c(O)c1C)(C(=O)O)S(C)(=O)=O. The number of carboxylic acids is 1. The minimum absolute atomic E-state index is 0.0539. The van der Waals surface area contributed by atoms with Crippen LogP contribution >= 0.6 is 0 Å². The molecule has 1 atom stereocenters. The third kappa shape index (κ3) is 4.22. The van der Waals surface area contributed by atoms with Crippen LogP contribution in [0, 0.1) is 13.8 Å². The summed E-state index contributed by atoms with van der Waals surface area (Å²) in [6.45, 7) is 11.4. The molecule has 6 heteroatoms. The second-order valence-electron chi connectivity index (χ2n) is 8.30. The van der Waals surface area contributed by atoms with Crippen LogP contribution in [-0.2, 0) is 26.5 Å². The van der Waals surface area contributed by atoms with Gasteiger partial charge in [-0.1, -0.05) is 46.6 Å². The van der Waals surface area contributed by atoms with Gasteiger partial charge in [-0.3, -0.25) is 4.79 Å². The maximum atomic E-state index is 12.5. The van der Waals surface area contributed by atoms with Gasteiger partial charge in [0.15, 0.2) is 14.6 Å². The molecule has 0 aliphatic heterocycles. The first-order chi connectivity index (χ1) is 11.7. The molecule has 0 heterocycles. The van der Waals surface area contributed by atoms with E-state index in [9.17, 15) is 23.4 Å². The number of aryl methyl sites for hydroxylation is 1. The first-order valence-corrected chi connectivity index (χ1v) is 10.8. The molecule has 1 aromatic rings. The number of phenolic OH excluding ortho intramolecular Hbond substituents is 1. The van der Waals surface area contributed by atoms with E-state index in [0.717, 1.165) is 17.4 Å². The van der Waals surface area contributed by atoms with Gasteiger partial charge in [0.2, 0.25) is 0 Å². The summed E-state index contributed by atoms with van der Waals surface area (Å²) in [5.41, 5.74) is 2.45. The molecule has 0 spiro atoms. The van der Waals surface area contributed by atoms with Crippen molar-refractivity contribution in [1.29, 1.82) is 0 Å². The summed E-state index contributed by atoms with van der Waals surface area (Å²) in [4.78, 5) is 12.1. The van der Waals surface area contributed by atoms with E-state index in [1.54, 1.807) is 6.92 Å². The molecule has 1 rings (SSSR count). The van der Waals surface area contributed by atoms with Crippen molar-refractivity contribution in [2.45, 2.75) is 77.4 Å². The quantitative estimate of drug-likeness (QED) is 0.744. The molecular weight excluding hydrogens is 352 g/mol. The molecule has 0 aliphatic carbocycles. The summed E-state index contributed by atoms with van der Waals surface area (Å²) in [5, 5.41) is 20.5. The van der Waals surface area contributed by atoms with Gasteiger partial charge in [0.05, 0.1) is 0 Å². The normalized spacial score (nSPS) is 14.9. The molecule has 0 fully saturated rings. The van der Waals surface area contributed by atoms with Crippen LogP contribution in [0.4, 0.5) is 0 Å². The minimum Gasteiger partial charge on any atom is -0.507 e. The van der Waals surface area contributed by atoms with E-state index >= 15 is 0 Å². The number of aliphatic carboxylic acids is 1. The third-order valence-electron chi connectivity index (χ3n) is 5.20. The number of carbonyl (C=O) groups is 1. The number of hydrogen-bond acceptors (Lipinski definition) is 4. The average molecular weight is 385 g/mol. The highest BCUT2D eigenvalue weighted by Crippen LogP contribution is 2.39. The summed E-state index contributed by atoms with van der Waals surface area (Å²) in [5.74, 6) is -1.21. The van der Waals surface area contributed by atoms with E-state index < -0.39 is 20.6 Å². The monoisotopic (exact) mass is 384 g/mol. The molecule has 148 valence electrons. The van der Waals surface area contributed by atoms with Gasteiger partial charge in [-0.15, -0.1) is 0 Å². The highest BCUT2D eigenvalue weighted by atomic mass is 32.2. The van der Waals surface area contributed by atoms with Crippen molar-refractivity contribution in [3.8, 4) is 5.75 Å². The molecule has 5 nitrogen and oxygen atoms in total. The van der Waals surface area contributed by atoms with Gasteiger partial charge in [0.25, 0.3) is 0 Å². The number of aromatic hydroxyl groups is 1. The second-order valence-corrected chi connectivity index (χ2v) is 10.6. The fourth-order valence-electron chi connectivity index (χ4n) is 3.35. The lowest BCUT2D eigenvalue weighted by Gasteiger charge is -2.30. The Kier molecular flexibility index (Phi) is 6.56. The van der Waals surface area contributed by atoms with E-state index in [-0.39, 0.29) is 24.0 Å². The summed E-state index contributed by atoms with van der Waals surface area (Å²) < 4.78 is 23.1. The molecule has 1 unspecified atom stereocenters. The fourth-order valence-corrected chi connectivity index (χ4v) is 4.59. The van der Waals surface area contributed by atoms with Gasteiger partial charge < -0.3 is 10.2 Å². The topological polar surface area (TPSA) is 91.7 Å². The lowest BCUT2D eigenvalue weighted by molar-refractivity contribution is -0.140. The number of unbranched alkanes of at least 4 members (excludes halogenated alkanes) is 1. The van der Waals surface area contributed by atoms with Gasteiger partial charge in [-0.2, -0.15) is 0 Å². The Bertz CT molecular complexity index is 787. The standard InChI is InChI=1S/C20H32O5S/c1-8-9-10-20(18(22)23,26(7,24)25)12-15-13(2)11-16(19(4,5)6)17(21)14(15)3/h11,21H,8-10,12H2,1-7H3,(H,22,23). The van der Waals surface area contributed by atoms with Crippen LogP contribution in [0.5, 0.6) is 5.75 Å². The summed E-state index contributed by atoms with van der Waals surface area (Å²) in [6, 6.07) is 1.84. The number of sulfone groups is 1. The van der Waals surface area contributed by atoms with Gasteiger partial charge in [0.1, 0.15) is 5.75 Å². The summed E-state index contributed by atoms with van der Waals surface area (Å²) in [6.07, 6.45) is 2.11. The lowest BCUT2D eigenvalue weighted by Crippen LogP contribution is -2.48. The van der Waals surface area contributed by atoms with Crippen LogP contribution in [0.3, 0.4) is 0 Å². The summed E-state index contributed by atoms with van der Waals surface area (Å²) in [7, 11) is -3.86. The molecule has 0 amide bonds. The van der Waals surface area contributed by atoms with Gasteiger partial charge in [-0.05, 0) is 47.9 Å². The Morgan fingerprint density at radius 2 is 1.73 bits per heavy atom. The molecular formula is C20H32O5S. The Balaban J connectivity index is 3.64. The predicted octanol–water partition coefficient (Wildman–Crippen LogP) is 3.91. The van der Waals surface area contributed by atoms with E-state index in [0.29, 0.717) is 24.0 Å². The predicted molar refractivity (Wildman–Crippen MR) is 105 cm³/mol. The highest BCUT2D eigenvalue weighted by Gasteiger charge is 2.48. The highest BCUT2D eigenvalue weighted by molar-refractivity contribution is 7.92. The maximum absolute atomic E-state index is 12.5. The van der Waals surface area contributed by atoms with Crippen molar-refractivity contribution >= 4 is 15.8 Å². The second kappa shape index (κ2) is 7.59. The smallest absolute Gasteiger partial charge is 0.325 e. The molecule has 0 radical (unpaired) electrons. The number of carboxylic acid groups (broad SMARTS) is 1. The zero-order valence-corrected chi connectivity index (χ0v) is 17.7. The van der Waals surface area contributed by atoms with E-state index in [4.69, 9.17) is 0 Å². The Morgan fingerprint density at radius 3 is 2.12 bits per heavy atom. The Labute approximate surface area is 157 Å². The number of rotatable bonds is 7. The molecule has 2 N–H and O–H groups in total. The first kappa shape index (κ1) is 22.5. The molecule has 0 saturated heterocycles. The van der Waals surface area contributed by atoms with Crippen LogP contribution in [0.2, 0.25) is 0 Å². The maximum Gasteiger partial charge on any atom is 0.325 e. The molecule has 1 aromatic carbocycles. The average Bonchev–Trinajstić information content (AvgIpc) is 2.47. The summed E-state index contributed by atoms with van der Waals surface area (Å²) >= 11 is 0. The number of hydrogen-bond donors (Lipinski definition) is 2. The molecule has 26 heavy (non-hydrogen) atoms. The van der Waals surface area contributed by atoms with Crippen molar-refractivity contribution in [3.63, 3.8) is 0 Å². The van der Waals surface area contributed by atoms with Gasteiger partial charge in [0, 0.05) is 12.7 Å². The van der Waals surface area contributed by atoms with Crippen molar-refractivity contribution in [3.05, 3.63) is 28.3 Å². The largest absolute Gasteiger partial charge is 0.507 e. The first-order valence-electron chi connectivity index (χ1n) is 8.94. The zero-order chi connectivity index (χ0) is 20.5. The molecule has 0 aromatic heterocycles. The van der Waals surface area contributed by atoms with Gasteiger partial charge >= 0.3 is 5.97 Å². The van der Waals surface area contributed by atoms with Crippen LogP contribution < -0.4 is 0 Å². The van der Waals surface area contributed by atoms with Crippen molar-refractivity contribution in [2.24, 2.45) is 0 Å². The van der Waals surface area contributed by atoms with E-state index in [1.165, 1.54) is 0 Å². The van der Waals surface area contributed by atoms with Crippen LogP contribution in [-0.4, -0.2) is 35.6 Å². The van der Waals surface area contributed by atoms with E-state index in [2.05, 4.69) is 0 Å². The van der Waals surface area contributed by atoms with Crippen molar-refractivity contribution in [2.75, 3.05) is 6.26 Å². The number of benzene rings is 1. The van der Waals surface area contributed by atoms with Crippen molar-refractivity contribution in [1.82, 2.24) is 0 Å². The lowest BCUT2D eigenvalue weighted by atomic mass is 9.80. The van der Waals surface area contributed by atoms with Crippen LogP contribution in [0.1, 0.15) is 69.2 Å². The van der Waals surface area contributed by atoms with Crippen LogP contribution in [0.15, 0.2) is 6.07 Å². The van der Waals surface area contributed by atoms with Crippen molar-refractivity contribution < 1.29 is 23.4 Å². The van der Waals surface area contributed by atoms with Crippen LogP contribution in [0.25, 0.3) is 0 Å². The van der Waals surface area contributed by atoms with Gasteiger partial charge in [-0.25, -0.2) is 8.42 Å². The Morgan fingerprint density at radius 1 is 1.19 bits per heavy atom. The number of phenols is 1. The zero-order valence-electron chi connectivity index (χ0n) is 16.9. The Hall–Kier alpha value is -1.56. The fraction of sp³-hybridized carbons (Fsp3) is 0.650. The minimum atomic E-state index is -3.86. The molecule has 0 saturated carbocycles. The molecule has 0 bridgehead atoms.